The van der Waals surface area contributed by atoms with E-state index >= 15 is 0 Å². The lowest BCUT2D eigenvalue weighted by molar-refractivity contribution is 0.0603. The third-order valence-corrected chi connectivity index (χ3v) is 2.08. The molecule has 78 valence electrons. The molecule has 2 N–H and O–H groups in total. The SMILES string of the molecule is CC(O)C(C)Oc1cccc(CO)c1. The van der Waals surface area contributed by atoms with Crippen molar-refractivity contribution in [1.82, 2.24) is 0 Å². The van der Waals surface area contributed by atoms with Gasteiger partial charge in [-0.05, 0) is 31.5 Å². The van der Waals surface area contributed by atoms with E-state index in [-0.39, 0.29) is 12.7 Å². The number of rotatable bonds is 4. The fourth-order valence-corrected chi connectivity index (χ4v) is 1.03. The molecule has 0 amide bonds. The molecule has 0 radical (unpaired) electrons. The van der Waals surface area contributed by atoms with Crippen molar-refractivity contribution >= 4 is 0 Å². The number of aliphatic hydroxyl groups is 2. The van der Waals surface area contributed by atoms with Gasteiger partial charge in [0.2, 0.25) is 0 Å². The van der Waals surface area contributed by atoms with E-state index in [4.69, 9.17) is 9.84 Å². The highest BCUT2D eigenvalue weighted by Crippen LogP contribution is 2.15. The molecule has 14 heavy (non-hydrogen) atoms. The van der Waals surface area contributed by atoms with Crippen LogP contribution in [-0.2, 0) is 6.61 Å². The van der Waals surface area contributed by atoms with Crippen LogP contribution < -0.4 is 4.74 Å². The van der Waals surface area contributed by atoms with Crippen molar-refractivity contribution in [3.63, 3.8) is 0 Å². The summed E-state index contributed by atoms with van der Waals surface area (Å²) < 4.78 is 5.46. The lowest BCUT2D eigenvalue weighted by atomic mass is 10.2. The number of benzene rings is 1. The Labute approximate surface area is 84.0 Å². The van der Waals surface area contributed by atoms with Crippen molar-refractivity contribution in [1.29, 1.82) is 0 Å². The van der Waals surface area contributed by atoms with Gasteiger partial charge < -0.3 is 14.9 Å². The molecule has 0 aromatic heterocycles. The molecule has 3 heteroatoms. The quantitative estimate of drug-likeness (QED) is 0.763. The Hall–Kier alpha value is -1.06. The first-order chi connectivity index (χ1) is 6.63. The van der Waals surface area contributed by atoms with E-state index in [1.807, 2.05) is 12.1 Å². The molecule has 0 saturated carbocycles. The maximum atomic E-state index is 9.23. The van der Waals surface area contributed by atoms with Gasteiger partial charge in [0.05, 0.1) is 12.7 Å². The van der Waals surface area contributed by atoms with Gasteiger partial charge in [-0.2, -0.15) is 0 Å². The second-order valence-corrected chi connectivity index (χ2v) is 3.37. The fourth-order valence-electron chi connectivity index (χ4n) is 1.03. The molecule has 0 heterocycles. The summed E-state index contributed by atoms with van der Waals surface area (Å²) in [5.74, 6) is 0.671. The first kappa shape index (κ1) is 11.0. The van der Waals surface area contributed by atoms with Gasteiger partial charge in [0, 0.05) is 0 Å². The van der Waals surface area contributed by atoms with Gasteiger partial charge in [-0.3, -0.25) is 0 Å². The van der Waals surface area contributed by atoms with Crippen LogP contribution in [0, 0.1) is 0 Å². The number of aliphatic hydroxyl groups excluding tert-OH is 2. The van der Waals surface area contributed by atoms with Crippen molar-refractivity contribution in [2.75, 3.05) is 0 Å². The lowest BCUT2D eigenvalue weighted by Crippen LogP contribution is -2.25. The van der Waals surface area contributed by atoms with Crippen LogP contribution in [0.2, 0.25) is 0 Å². The Morgan fingerprint density at radius 3 is 2.64 bits per heavy atom. The molecule has 1 rings (SSSR count). The molecule has 0 aliphatic carbocycles. The second kappa shape index (κ2) is 4.98. The first-order valence-corrected chi connectivity index (χ1v) is 4.68. The molecule has 0 saturated heterocycles. The minimum atomic E-state index is -0.507. The standard InChI is InChI=1S/C11H16O3/c1-8(13)9(2)14-11-5-3-4-10(6-11)7-12/h3-6,8-9,12-13H,7H2,1-2H3. The van der Waals surface area contributed by atoms with Crippen molar-refractivity contribution in [3.05, 3.63) is 29.8 Å². The minimum Gasteiger partial charge on any atom is -0.488 e. The Morgan fingerprint density at radius 1 is 1.36 bits per heavy atom. The minimum absolute atomic E-state index is 0.000257. The largest absolute Gasteiger partial charge is 0.488 e. The van der Waals surface area contributed by atoms with Gasteiger partial charge in [0.15, 0.2) is 0 Å². The Kier molecular flexibility index (Phi) is 3.92. The Bertz CT molecular complexity index is 284. The molecule has 3 nitrogen and oxygen atoms in total. The van der Waals surface area contributed by atoms with Gasteiger partial charge in [-0.1, -0.05) is 12.1 Å². The maximum absolute atomic E-state index is 9.23. The summed E-state index contributed by atoms with van der Waals surface area (Å²) in [4.78, 5) is 0. The van der Waals surface area contributed by atoms with Gasteiger partial charge in [-0.25, -0.2) is 0 Å². The van der Waals surface area contributed by atoms with E-state index in [0.717, 1.165) is 5.56 Å². The molecular weight excluding hydrogens is 180 g/mol. The molecule has 0 aliphatic rings. The van der Waals surface area contributed by atoms with Crippen LogP contribution in [0.25, 0.3) is 0 Å². The number of hydrogen-bond donors (Lipinski definition) is 2. The van der Waals surface area contributed by atoms with Gasteiger partial charge in [0.1, 0.15) is 11.9 Å². The van der Waals surface area contributed by atoms with Crippen molar-refractivity contribution in [2.45, 2.75) is 32.7 Å². The molecule has 0 spiro atoms. The summed E-state index contributed by atoms with van der Waals surface area (Å²) in [5, 5.41) is 18.1. The molecule has 1 aromatic carbocycles. The zero-order chi connectivity index (χ0) is 10.6. The zero-order valence-corrected chi connectivity index (χ0v) is 8.47. The van der Waals surface area contributed by atoms with Crippen LogP contribution in [0.5, 0.6) is 5.75 Å². The van der Waals surface area contributed by atoms with Gasteiger partial charge >= 0.3 is 0 Å². The molecule has 0 bridgehead atoms. The molecule has 0 fully saturated rings. The average Bonchev–Trinajstić information content (AvgIpc) is 2.18. The van der Waals surface area contributed by atoms with Crippen LogP contribution in [0.4, 0.5) is 0 Å². The average molecular weight is 196 g/mol. The van der Waals surface area contributed by atoms with Crippen LogP contribution >= 0.6 is 0 Å². The van der Waals surface area contributed by atoms with Crippen LogP contribution in [0.1, 0.15) is 19.4 Å². The topological polar surface area (TPSA) is 49.7 Å². The predicted octanol–water partition coefficient (Wildman–Crippen LogP) is 1.33. The summed E-state index contributed by atoms with van der Waals surface area (Å²) in [7, 11) is 0. The van der Waals surface area contributed by atoms with E-state index in [0.29, 0.717) is 5.75 Å². The first-order valence-electron chi connectivity index (χ1n) is 4.68. The highest BCUT2D eigenvalue weighted by atomic mass is 16.5. The summed E-state index contributed by atoms with van der Waals surface area (Å²) in [5.41, 5.74) is 0.806. The molecule has 1 aromatic rings. The summed E-state index contributed by atoms with van der Waals surface area (Å²) in [6, 6.07) is 7.20. The smallest absolute Gasteiger partial charge is 0.121 e. The molecule has 2 atom stereocenters. The molecular formula is C11H16O3. The van der Waals surface area contributed by atoms with Crippen LogP contribution in [-0.4, -0.2) is 22.4 Å². The predicted molar refractivity (Wildman–Crippen MR) is 54.1 cm³/mol. The number of ether oxygens (including phenoxy) is 1. The van der Waals surface area contributed by atoms with Gasteiger partial charge in [0.25, 0.3) is 0 Å². The van der Waals surface area contributed by atoms with Crippen molar-refractivity contribution in [3.8, 4) is 5.75 Å². The Balaban J connectivity index is 2.66. The summed E-state index contributed by atoms with van der Waals surface area (Å²) >= 11 is 0. The maximum Gasteiger partial charge on any atom is 0.121 e. The van der Waals surface area contributed by atoms with Crippen LogP contribution in [0.15, 0.2) is 24.3 Å². The third-order valence-electron chi connectivity index (χ3n) is 2.08. The number of hydrogen-bond acceptors (Lipinski definition) is 3. The molecule has 2 unspecified atom stereocenters. The zero-order valence-electron chi connectivity index (χ0n) is 8.47. The highest BCUT2D eigenvalue weighted by molar-refractivity contribution is 5.28. The Morgan fingerprint density at radius 2 is 2.07 bits per heavy atom. The van der Waals surface area contributed by atoms with Gasteiger partial charge in [-0.15, -0.1) is 0 Å². The lowest BCUT2D eigenvalue weighted by Gasteiger charge is -2.17. The molecule has 0 aliphatic heterocycles. The van der Waals surface area contributed by atoms with E-state index < -0.39 is 6.10 Å². The van der Waals surface area contributed by atoms with Crippen LogP contribution in [0.3, 0.4) is 0 Å². The summed E-state index contributed by atoms with van der Waals surface area (Å²) in [6.07, 6.45) is -0.753. The van der Waals surface area contributed by atoms with E-state index in [9.17, 15) is 5.11 Å². The van der Waals surface area contributed by atoms with Crippen molar-refractivity contribution < 1.29 is 14.9 Å². The second-order valence-electron chi connectivity index (χ2n) is 3.37. The summed E-state index contributed by atoms with van der Waals surface area (Å²) in [6.45, 7) is 3.48. The van der Waals surface area contributed by atoms with E-state index in [2.05, 4.69) is 0 Å². The van der Waals surface area contributed by atoms with E-state index in [1.165, 1.54) is 0 Å². The fraction of sp³-hybridized carbons (Fsp3) is 0.455. The third kappa shape index (κ3) is 3.01. The highest BCUT2D eigenvalue weighted by Gasteiger charge is 2.09. The normalized spacial score (nSPS) is 14.9. The van der Waals surface area contributed by atoms with E-state index in [1.54, 1.807) is 26.0 Å². The van der Waals surface area contributed by atoms with Crippen molar-refractivity contribution in [2.24, 2.45) is 0 Å². The monoisotopic (exact) mass is 196 g/mol.